The molecule has 0 bridgehead atoms. The molecular weight excluding hydrogens is 300 g/mol. The third-order valence-electron chi connectivity index (χ3n) is 3.94. The lowest BCUT2D eigenvalue weighted by atomic mass is 9.97. The summed E-state index contributed by atoms with van der Waals surface area (Å²) in [5.41, 5.74) is 1.92. The van der Waals surface area contributed by atoms with Crippen molar-refractivity contribution in [2.75, 3.05) is 6.61 Å². The summed E-state index contributed by atoms with van der Waals surface area (Å²) in [5.74, 6) is -0.164. The number of thiazole rings is 1. The summed E-state index contributed by atoms with van der Waals surface area (Å²) < 4.78 is 7.54. The minimum atomic E-state index is -0.224. The van der Waals surface area contributed by atoms with Crippen LogP contribution in [0.25, 0.3) is 0 Å². The molecule has 2 aromatic rings. The Bertz CT molecular complexity index is 666. The van der Waals surface area contributed by atoms with E-state index in [1.807, 2.05) is 32.3 Å². The Morgan fingerprint density at radius 2 is 2.41 bits per heavy atom. The van der Waals surface area contributed by atoms with E-state index in [2.05, 4.69) is 15.4 Å². The number of aromatic nitrogens is 3. The molecular formula is C15H20N4O2S. The van der Waals surface area contributed by atoms with Gasteiger partial charge in [-0.05, 0) is 26.3 Å². The molecule has 1 unspecified atom stereocenters. The molecule has 118 valence electrons. The predicted octanol–water partition coefficient (Wildman–Crippen LogP) is 2.14. The minimum absolute atomic E-state index is 0.0176. The molecule has 3 heterocycles. The van der Waals surface area contributed by atoms with Crippen LogP contribution in [0.15, 0.2) is 17.6 Å². The van der Waals surface area contributed by atoms with Crippen molar-refractivity contribution < 1.29 is 9.53 Å². The summed E-state index contributed by atoms with van der Waals surface area (Å²) in [6.45, 7) is 4.52. The summed E-state index contributed by atoms with van der Waals surface area (Å²) in [6.07, 6.45) is 2.23. The second-order valence-corrected chi connectivity index (χ2v) is 6.51. The van der Waals surface area contributed by atoms with Crippen molar-refractivity contribution in [3.63, 3.8) is 0 Å². The van der Waals surface area contributed by atoms with E-state index < -0.39 is 0 Å². The van der Waals surface area contributed by atoms with Gasteiger partial charge in [-0.1, -0.05) is 0 Å². The second-order valence-electron chi connectivity index (χ2n) is 5.62. The van der Waals surface area contributed by atoms with Gasteiger partial charge in [0.25, 0.3) is 0 Å². The summed E-state index contributed by atoms with van der Waals surface area (Å²) in [6, 6.07) is 1.82. The van der Waals surface area contributed by atoms with Gasteiger partial charge in [-0.3, -0.25) is 9.48 Å². The highest BCUT2D eigenvalue weighted by Crippen LogP contribution is 2.34. The van der Waals surface area contributed by atoms with E-state index in [0.717, 1.165) is 22.8 Å². The summed E-state index contributed by atoms with van der Waals surface area (Å²) in [5, 5.41) is 10.2. The van der Waals surface area contributed by atoms with E-state index in [4.69, 9.17) is 4.74 Å². The van der Waals surface area contributed by atoms with Crippen LogP contribution in [-0.2, 0) is 16.6 Å². The molecule has 1 aliphatic rings. The molecule has 0 aliphatic carbocycles. The molecule has 1 amide bonds. The molecule has 2 aromatic heterocycles. The van der Waals surface area contributed by atoms with Crippen LogP contribution in [0.2, 0.25) is 0 Å². The Labute approximate surface area is 133 Å². The van der Waals surface area contributed by atoms with E-state index in [1.165, 1.54) is 0 Å². The van der Waals surface area contributed by atoms with Crippen molar-refractivity contribution >= 4 is 17.2 Å². The number of rotatable bonds is 4. The first kappa shape index (κ1) is 15.2. The highest BCUT2D eigenvalue weighted by atomic mass is 32.1. The molecule has 3 rings (SSSR count). The average molecular weight is 320 g/mol. The van der Waals surface area contributed by atoms with Crippen molar-refractivity contribution in [1.82, 2.24) is 20.1 Å². The quantitative estimate of drug-likeness (QED) is 0.937. The van der Waals surface area contributed by atoms with E-state index in [1.54, 1.807) is 22.2 Å². The van der Waals surface area contributed by atoms with Crippen molar-refractivity contribution in [3.05, 3.63) is 34.0 Å². The Balaban J connectivity index is 1.70. The van der Waals surface area contributed by atoms with E-state index in [9.17, 15) is 4.79 Å². The van der Waals surface area contributed by atoms with Crippen molar-refractivity contribution in [3.8, 4) is 0 Å². The SMILES string of the molecule is Cc1csc(C(C)NC(=O)[C@@H]2CCO[C@H]2c2ccnn2C)n1. The van der Waals surface area contributed by atoms with Gasteiger partial charge >= 0.3 is 0 Å². The molecule has 22 heavy (non-hydrogen) atoms. The molecule has 1 fully saturated rings. The number of nitrogens with zero attached hydrogens (tertiary/aromatic N) is 3. The van der Waals surface area contributed by atoms with Crippen molar-refractivity contribution in [1.29, 1.82) is 0 Å². The lowest BCUT2D eigenvalue weighted by Crippen LogP contribution is -2.34. The van der Waals surface area contributed by atoms with Crippen LogP contribution in [0.4, 0.5) is 0 Å². The molecule has 3 atom stereocenters. The molecule has 0 aromatic carbocycles. The van der Waals surface area contributed by atoms with E-state index in [-0.39, 0.29) is 24.0 Å². The van der Waals surface area contributed by atoms with Crippen LogP contribution in [0.3, 0.4) is 0 Å². The number of aryl methyl sites for hydroxylation is 2. The molecule has 7 heteroatoms. The lowest BCUT2D eigenvalue weighted by Gasteiger charge is -2.20. The van der Waals surface area contributed by atoms with E-state index in [0.29, 0.717) is 6.61 Å². The molecule has 1 saturated heterocycles. The number of amides is 1. The van der Waals surface area contributed by atoms with Crippen LogP contribution < -0.4 is 5.32 Å². The van der Waals surface area contributed by atoms with Crippen LogP contribution >= 0.6 is 11.3 Å². The van der Waals surface area contributed by atoms with Gasteiger partial charge in [-0.25, -0.2) is 4.98 Å². The van der Waals surface area contributed by atoms with Gasteiger partial charge in [0.05, 0.1) is 17.7 Å². The van der Waals surface area contributed by atoms with Gasteiger partial charge in [0.15, 0.2) is 0 Å². The molecule has 1 aliphatic heterocycles. The van der Waals surface area contributed by atoms with Crippen LogP contribution in [0, 0.1) is 12.8 Å². The normalized spacial score (nSPS) is 22.7. The topological polar surface area (TPSA) is 69.0 Å². The Morgan fingerprint density at radius 1 is 1.59 bits per heavy atom. The van der Waals surface area contributed by atoms with Gasteiger partial charge in [-0.15, -0.1) is 11.3 Å². The third-order valence-corrected chi connectivity index (χ3v) is 5.09. The molecule has 0 spiro atoms. The third kappa shape index (κ3) is 2.91. The van der Waals surface area contributed by atoms with Crippen molar-refractivity contribution in [2.45, 2.75) is 32.4 Å². The highest BCUT2D eigenvalue weighted by Gasteiger charge is 2.37. The highest BCUT2D eigenvalue weighted by molar-refractivity contribution is 7.09. The van der Waals surface area contributed by atoms with Crippen LogP contribution in [-0.4, -0.2) is 27.3 Å². The largest absolute Gasteiger partial charge is 0.371 e. The van der Waals surface area contributed by atoms with Crippen LogP contribution in [0.5, 0.6) is 0 Å². The van der Waals surface area contributed by atoms with Crippen molar-refractivity contribution in [2.24, 2.45) is 13.0 Å². The van der Waals surface area contributed by atoms with Gasteiger partial charge < -0.3 is 10.1 Å². The Morgan fingerprint density at radius 3 is 3.05 bits per heavy atom. The number of hydrogen-bond acceptors (Lipinski definition) is 5. The minimum Gasteiger partial charge on any atom is -0.371 e. The maximum atomic E-state index is 12.6. The van der Waals surface area contributed by atoms with Gasteiger partial charge in [0, 0.05) is 30.9 Å². The number of nitrogens with one attached hydrogen (secondary N) is 1. The molecule has 0 radical (unpaired) electrons. The standard InChI is InChI=1S/C15H20N4O2S/c1-9-8-22-15(17-9)10(2)18-14(20)11-5-7-21-13(11)12-4-6-16-19(12)3/h4,6,8,10-11,13H,5,7H2,1-3H3,(H,18,20)/t10?,11-,13-/m1/s1. The maximum absolute atomic E-state index is 12.6. The van der Waals surface area contributed by atoms with E-state index >= 15 is 0 Å². The Kier molecular flexibility index (Phi) is 4.26. The molecule has 1 N–H and O–H groups in total. The van der Waals surface area contributed by atoms with Crippen LogP contribution in [0.1, 0.15) is 41.9 Å². The fraction of sp³-hybridized carbons (Fsp3) is 0.533. The first-order valence-corrected chi connectivity index (χ1v) is 8.26. The molecule has 0 saturated carbocycles. The zero-order valence-corrected chi connectivity index (χ0v) is 13.8. The summed E-state index contributed by atoms with van der Waals surface area (Å²) in [4.78, 5) is 17.0. The van der Waals surface area contributed by atoms with Gasteiger partial charge in [0.1, 0.15) is 11.1 Å². The number of ether oxygens (including phenoxy) is 1. The average Bonchev–Trinajstić information content (AvgIpc) is 3.18. The lowest BCUT2D eigenvalue weighted by molar-refractivity contribution is -0.127. The number of carbonyl (C=O) groups excluding carboxylic acids is 1. The number of hydrogen-bond donors (Lipinski definition) is 1. The maximum Gasteiger partial charge on any atom is 0.226 e. The smallest absolute Gasteiger partial charge is 0.226 e. The monoisotopic (exact) mass is 320 g/mol. The number of carbonyl (C=O) groups is 1. The fourth-order valence-corrected chi connectivity index (χ4v) is 3.57. The first-order chi connectivity index (χ1) is 10.6. The van der Waals surface area contributed by atoms with Gasteiger partial charge in [-0.2, -0.15) is 5.10 Å². The van der Waals surface area contributed by atoms with Gasteiger partial charge in [0.2, 0.25) is 5.91 Å². The first-order valence-electron chi connectivity index (χ1n) is 7.38. The summed E-state index contributed by atoms with van der Waals surface area (Å²) in [7, 11) is 1.87. The predicted molar refractivity (Wildman–Crippen MR) is 83.4 cm³/mol. The zero-order chi connectivity index (χ0) is 15.7. The zero-order valence-electron chi connectivity index (χ0n) is 12.9. The Hall–Kier alpha value is -1.73. The summed E-state index contributed by atoms with van der Waals surface area (Å²) >= 11 is 1.57. The fourth-order valence-electron chi connectivity index (χ4n) is 2.77. The second kappa shape index (κ2) is 6.18. The molecule has 6 nitrogen and oxygen atoms in total.